The first-order chi connectivity index (χ1) is 11.5. The number of cyclic esters (lactones) is 1. The van der Waals surface area contributed by atoms with Gasteiger partial charge in [-0.3, -0.25) is 4.90 Å². The fourth-order valence-corrected chi connectivity index (χ4v) is 3.38. The van der Waals surface area contributed by atoms with Crippen molar-refractivity contribution in [1.82, 2.24) is 9.71 Å². The zero-order valence-corrected chi connectivity index (χ0v) is 14.0. The second kappa shape index (κ2) is 6.76. The molecule has 1 unspecified atom stereocenters. The van der Waals surface area contributed by atoms with E-state index in [4.69, 9.17) is 16.3 Å². The molecule has 0 saturated carbocycles. The summed E-state index contributed by atoms with van der Waals surface area (Å²) in [6, 6.07) is 11.8. The van der Waals surface area contributed by atoms with Crippen molar-refractivity contribution < 1.29 is 17.9 Å². The highest BCUT2D eigenvalue weighted by Gasteiger charge is 2.33. The van der Waals surface area contributed by atoms with Crippen LogP contribution in [0.2, 0.25) is 5.15 Å². The number of ether oxygens (including phenoxy) is 1. The normalized spacial score (nSPS) is 17.8. The Morgan fingerprint density at radius 2 is 2.00 bits per heavy atom. The van der Waals surface area contributed by atoms with E-state index in [1.807, 2.05) is 18.2 Å². The highest BCUT2D eigenvalue weighted by molar-refractivity contribution is 7.89. The largest absolute Gasteiger partial charge is 0.443 e. The number of nitrogens with zero attached hydrogens (tertiary/aromatic N) is 2. The van der Waals surface area contributed by atoms with E-state index in [2.05, 4.69) is 9.71 Å². The van der Waals surface area contributed by atoms with Crippen LogP contribution in [-0.4, -0.2) is 38.7 Å². The van der Waals surface area contributed by atoms with E-state index in [-0.39, 0.29) is 23.1 Å². The molecule has 126 valence electrons. The average molecular weight is 368 g/mol. The lowest BCUT2D eigenvalue weighted by atomic mass is 10.3. The topological polar surface area (TPSA) is 88.6 Å². The fourth-order valence-electron chi connectivity index (χ4n) is 2.25. The summed E-state index contributed by atoms with van der Waals surface area (Å²) < 4.78 is 32.0. The van der Waals surface area contributed by atoms with Gasteiger partial charge < -0.3 is 4.74 Å². The van der Waals surface area contributed by atoms with Crippen molar-refractivity contribution in [3.05, 3.63) is 53.8 Å². The molecule has 9 heteroatoms. The van der Waals surface area contributed by atoms with E-state index in [0.29, 0.717) is 5.69 Å². The summed E-state index contributed by atoms with van der Waals surface area (Å²) in [5, 5.41) is 0.206. The molecule has 7 nitrogen and oxygen atoms in total. The molecular formula is C15H14ClN3O4S. The van der Waals surface area contributed by atoms with Crippen LogP contribution in [0.4, 0.5) is 10.5 Å². The van der Waals surface area contributed by atoms with Gasteiger partial charge in [0.05, 0.1) is 6.54 Å². The number of sulfonamides is 1. The van der Waals surface area contributed by atoms with Crippen LogP contribution >= 0.6 is 11.6 Å². The molecule has 2 heterocycles. The SMILES string of the molecule is O=C1OC(CNS(=O)(=O)c2ccc(Cl)nc2)CN1c1ccccc1. The number of hydrogen-bond donors (Lipinski definition) is 1. The monoisotopic (exact) mass is 367 g/mol. The Hall–Kier alpha value is -2.16. The third kappa shape index (κ3) is 3.66. The summed E-state index contributed by atoms with van der Waals surface area (Å²) in [5.41, 5.74) is 0.703. The number of pyridine rings is 1. The second-order valence-corrected chi connectivity index (χ2v) is 7.27. The van der Waals surface area contributed by atoms with Crippen molar-refractivity contribution in [2.24, 2.45) is 0 Å². The van der Waals surface area contributed by atoms with Crippen LogP contribution in [0.3, 0.4) is 0 Å². The molecule has 0 aliphatic carbocycles. The highest BCUT2D eigenvalue weighted by Crippen LogP contribution is 2.21. The standard InChI is InChI=1S/C15H14ClN3O4S/c16-14-7-6-13(9-17-14)24(21,22)18-8-12-10-19(15(20)23-12)11-4-2-1-3-5-11/h1-7,9,12,18H,8,10H2. The number of aromatic nitrogens is 1. The average Bonchev–Trinajstić information content (AvgIpc) is 2.95. The molecular weight excluding hydrogens is 354 g/mol. The molecule has 1 atom stereocenters. The summed E-state index contributed by atoms with van der Waals surface area (Å²) in [6.45, 7) is 0.240. The van der Waals surface area contributed by atoms with Crippen LogP contribution in [0, 0.1) is 0 Å². The maximum Gasteiger partial charge on any atom is 0.414 e. The van der Waals surface area contributed by atoms with Gasteiger partial charge in [-0.05, 0) is 24.3 Å². The quantitative estimate of drug-likeness (QED) is 0.817. The maximum atomic E-state index is 12.2. The highest BCUT2D eigenvalue weighted by atomic mass is 35.5. The summed E-state index contributed by atoms with van der Waals surface area (Å²) >= 11 is 5.64. The van der Waals surface area contributed by atoms with Gasteiger partial charge in [-0.15, -0.1) is 0 Å². The van der Waals surface area contributed by atoms with E-state index in [9.17, 15) is 13.2 Å². The van der Waals surface area contributed by atoms with Gasteiger partial charge in [0.15, 0.2) is 0 Å². The van der Waals surface area contributed by atoms with Crippen LogP contribution in [0.25, 0.3) is 0 Å². The van der Waals surface area contributed by atoms with E-state index in [0.717, 1.165) is 0 Å². The molecule has 1 aromatic carbocycles. The molecule has 1 N–H and O–H groups in total. The molecule has 1 aromatic heterocycles. The van der Waals surface area contributed by atoms with Gasteiger partial charge in [0.2, 0.25) is 10.0 Å². The molecule has 1 aliphatic rings. The molecule has 2 aromatic rings. The molecule has 1 amide bonds. The second-order valence-electron chi connectivity index (χ2n) is 5.12. The lowest BCUT2D eigenvalue weighted by Crippen LogP contribution is -2.34. The summed E-state index contributed by atoms with van der Waals surface area (Å²) in [6.07, 6.45) is 0.0908. The number of carbonyl (C=O) groups is 1. The Morgan fingerprint density at radius 1 is 1.25 bits per heavy atom. The van der Waals surface area contributed by atoms with Crippen LogP contribution in [-0.2, 0) is 14.8 Å². The number of anilines is 1. The first-order valence-electron chi connectivity index (χ1n) is 7.10. The van der Waals surface area contributed by atoms with Gasteiger partial charge in [-0.2, -0.15) is 0 Å². The number of hydrogen-bond acceptors (Lipinski definition) is 5. The van der Waals surface area contributed by atoms with Crippen LogP contribution in [0.5, 0.6) is 0 Å². The zero-order valence-electron chi connectivity index (χ0n) is 12.4. The Balaban J connectivity index is 1.63. The molecule has 0 radical (unpaired) electrons. The maximum absolute atomic E-state index is 12.2. The Labute approximate surface area is 144 Å². The van der Waals surface area contributed by atoms with Crippen molar-refractivity contribution in [2.45, 2.75) is 11.0 Å². The first kappa shape index (κ1) is 16.7. The summed E-state index contributed by atoms with van der Waals surface area (Å²) in [5.74, 6) is 0. The number of benzene rings is 1. The third-order valence-corrected chi connectivity index (χ3v) is 5.09. The van der Waals surface area contributed by atoms with E-state index in [1.165, 1.54) is 23.2 Å². The molecule has 0 bridgehead atoms. The van der Waals surface area contributed by atoms with Crippen molar-refractivity contribution in [3.8, 4) is 0 Å². The summed E-state index contributed by atoms with van der Waals surface area (Å²) in [4.78, 5) is 17.1. The van der Waals surface area contributed by atoms with E-state index in [1.54, 1.807) is 12.1 Å². The summed E-state index contributed by atoms with van der Waals surface area (Å²) in [7, 11) is -3.75. The van der Waals surface area contributed by atoms with Gasteiger partial charge in [-0.25, -0.2) is 22.9 Å². The van der Waals surface area contributed by atoms with Gasteiger partial charge >= 0.3 is 6.09 Å². The number of carbonyl (C=O) groups excluding carboxylic acids is 1. The molecule has 24 heavy (non-hydrogen) atoms. The Morgan fingerprint density at radius 3 is 2.67 bits per heavy atom. The number of rotatable bonds is 5. The van der Waals surface area contributed by atoms with E-state index < -0.39 is 22.2 Å². The first-order valence-corrected chi connectivity index (χ1v) is 8.96. The predicted octanol–water partition coefficient (Wildman–Crippen LogP) is 2.04. The minimum atomic E-state index is -3.75. The van der Waals surface area contributed by atoms with Gasteiger partial charge in [0.1, 0.15) is 16.2 Å². The van der Waals surface area contributed by atoms with Crippen molar-refractivity contribution in [1.29, 1.82) is 0 Å². The van der Waals surface area contributed by atoms with Crippen LogP contribution in [0.15, 0.2) is 53.6 Å². The molecule has 3 rings (SSSR count). The molecule has 1 fully saturated rings. The molecule has 1 saturated heterocycles. The van der Waals surface area contributed by atoms with Crippen LogP contribution < -0.4 is 9.62 Å². The Kier molecular flexibility index (Phi) is 4.70. The zero-order chi connectivity index (χ0) is 17.2. The number of halogens is 1. The van der Waals surface area contributed by atoms with Gasteiger partial charge in [0, 0.05) is 18.4 Å². The van der Waals surface area contributed by atoms with Crippen molar-refractivity contribution in [3.63, 3.8) is 0 Å². The number of para-hydroxylation sites is 1. The fraction of sp³-hybridized carbons (Fsp3) is 0.200. The number of nitrogens with one attached hydrogen (secondary N) is 1. The van der Waals surface area contributed by atoms with Crippen molar-refractivity contribution in [2.75, 3.05) is 18.0 Å². The van der Waals surface area contributed by atoms with E-state index >= 15 is 0 Å². The minimum absolute atomic E-state index is 0.00358. The number of amides is 1. The lowest BCUT2D eigenvalue weighted by Gasteiger charge is -2.12. The minimum Gasteiger partial charge on any atom is -0.443 e. The molecule has 0 spiro atoms. The van der Waals surface area contributed by atoms with Gasteiger partial charge in [0.25, 0.3) is 0 Å². The van der Waals surface area contributed by atoms with Gasteiger partial charge in [-0.1, -0.05) is 29.8 Å². The van der Waals surface area contributed by atoms with Crippen LogP contribution in [0.1, 0.15) is 0 Å². The smallest absolute Gasteiger partial charge is 0.414 e. The van der Waals surface area contributed by atoms with Crippen molar-refractivity contribution >= 4 is 33.4 Å². The Bertz CT molecular complexity index is 828. The lowest BCUT2D eigenvalue weighted by molar-refractivity contribution is 0.143. The predicted molar refractivity (Wildman–Crippen MR) is 88.5 cm³/mol. The third-order valence-electron chi connectivity index (χ3n) is 3.45. The molecule has 1 aliphatic heterocycles.